The highest BCUT2D eigenvalue weighted by atomic mass is 16.1. The van der Waals surface area contributed by atoms with Crippen LogP contribution in [0.3, 0.4) is 0 Å². The van der Waals surface area contributed by atoms with Gasteiger partial charge >= 0.3 is 0 Å². The largest absolute Gasteiger partial charge is 0.371 e. The molecular formula is C13H17NO. The van der Waals surface area contributed by atoms with Gasteiger partial charge in [-0.1, -0.05) is 18.2 Å². The summed E-state index contributed by atoms with van der Waals surface area (Å²) in [6.45, 7) is 7.76. The van der Waals surface area contributed by atoms with Crippen LogP contribution < -0.4 is 4.90 Å². The van der Waals surface area contributed by atoms with E-state index in [1.54, 1.807) is 0 Å². The lowest BCUT2D eigenvalue weighted by Crippen LogP contribution is -2.33. The van der Waals surface area contributed by atoms with Crippen LogP contribution in [0.1, 0.15) is 12.8 Å². The second-order valence-corrected chi connectivity index (χ2v) is 3.36. The van der Waals surface area contributed by atoms with Crippen LogP contribution in [0.15, 0.2) is 43.5 Å². The van der Waals surface area contributed by atoms with Gasteiger partial charge in [0, 0.05) is 31.6 Å². The lowest BCUT2D eigenvalue weighted by Gasteiger charge is -2.27. The maximum absolute atomic E-state index is 11.0. The third-order valence-corrected chi connectivity index (χ3v) is 2.44. The molecule has 1 aromatic carbocycles. The van der Waals surface area contributed by atoms with E-state index in [2.05, 4.69) is 30.2 Å². The molecule has 0 N–H and O–H groups in total. The number of carbonyl (C=O) groups is 1. The number of ketones is 1. The molecule has 1 saturated heterocycles. The van der Waals surface area contributed by atoms with Gasteiger partial charge in [0.2, 0.25) is 0 Å². The molecule has 2 rings (SSSR count). The zero-order valence-corrected chi connectivity index (χ0v) is 8.98. The smallest absolute Gasteiger partial charge is 0.136 e. The van der Waals surface area contributed by atoms with Gasteiger partial charge in [0.05, 0.1) is 0 Å². The SMILES string of the molecule is C=C.O=C1CCN(c2ccccc2)CC1. The fourth-order valence-electron chi connectivity index (χ4n) is 1.65. The van der Waals surface area contributed by atoms with Crippen LogP contribution in [-0.2, 0) is 4.79 Å². The number of Topliss-reactive ketones (excluding diaryl/α,β-unsaturated/α-hetero) is 1. The van der Waals surface area contributed by atoms with Gasteiger partial charge < -0.3 is 4.90 Å². The molecule has 2 nitrogen and oxygen atoms in total. The Labute approximate surface area is 91.2 Å². The summed E-state index contributed by atoms with van der Waals surface area (Å²) < 4.78 is 0. The number of hydrogen-bond donors (Lipinski definition) is 0. The Balaban J connectivity index is 0.000000531. The van der Waals surface area contributed by atoms with Gasteiger partial charge in [-0.05, 0) is 12.1 Å². The fourth-order valence-corrected chi connectivity index (χ4v) is 1.65. The first-order chi connectivity index (χ1) is 7.36. The van der Waals surface area contributed by atoms with Crippen molar-refractivity contribution in [3.05, 3.63) is 43.5 Å². The molecule has 0 aliphatic carbocycles. The molecule has 1 aliphatic rings. The van der Waals surface area contributed by atoms with Crippen LogP contribution in [-0.4, -0.2) is 18.9 Å². The maximum Gasteiger partial charge on any atom is 0.136 e. The average molecular weight is 203 g/mol. The number of rotatable bonds is 1. The molecule has 1 aromatic rings. The lowest BCUT2D eigenvalue weighted by atomic mass is 10.1. The van der Waals surface area contributed by atoms with Crippen molar-refractivity contribution in [3.8, 4) is 0 Å². The second kappa shape index (κ2) is 6.02. The molecular weight excluding hydrogens is 186 g/mol. The van der Waals surface area contributed by atoms with Crippen LogP contribution >= 0.6 is 0 Å². The molecule has 0 aromatic heterocycles. The molecule has 0 atom stereocenters. The number of hydrogen-bond acceptors (Lipinski definition) is 2. The summed E-state index contributed by atoms with van der Waals surface area (Å²) in [4.78, 5) is 13.3. The monoisotopic (exact) mass is 203 g/mol. The van der Waals surface area contributed by atoms with E-state index in [1.807, 2.05) is 18.2 Å². The van der Waals surface area contributed by atoms with Gasteiger partial charge in [0.1, 0.15) is 5.78 Å². The van der Waals surface area contributed by atoms with Gasteiger partial charge in [-0.2, -0.15) is 0 Å². The normalized spacial score (nSPS) is 15.5. The van der Waals surface area contributed by atoms with Crippen molar-refractivity contribution in [2.45, 2.75) is 12.8 Å². The number of nitrogens with zero attached hydrogens (tertiary/aromatic N) is 1. The van der Waals surface area contributed by atoms with Crippen LogP contribution in [0.2, 0.25) is 0 Å². The minimum absolute atomic E-state index is 0.396. The number of benzene rings is 1. The molecule has 0 spiro atoms. The van der Waals surface area contributed by atoms with Crippen LogP contribution in [0.25, 0.3) is 0 Å². The Morgan fingerprint density at radius 3 is 2.07 bits per heavy atom. The third kappa shape index (κ3) is 3.24. The summed E-state index contributed by atoms with van der Waals surface area (Å²) in [5.74, 6) is 0.396. The molecule has 80 valence electrons. The molecule has 1 fully saturated rings. The van der Waals surface area contributed by atoms with Crippen molar-refractivity contribution < 1.29 is 4.79 Å². The number of carbonyl (C=O) groups excluding carboxylic acids is 1. The highest BCUT2D eigenvalue weighted by Gasteiger charge is 2.15. The van der Waals surface area contributed by atoms with E-state index in [-0.39, 0.29) is 0 Å². The zero-order chi connectivity index (χ0) is 11.1. The highest BCUT2D eigenvalue weighted by Crippen LogP contribution is 2.17. The Bertz CT molecular complexity index is 298. The lowest BCUT2D eigenvalue weighted by molar-refractivity contribution is -0.119. The summed E-state index contributed by atoms with van der Waals surface area (Å²) >= 11 is 0. The van der Waals surface area contributed by atoms with E-state index >= 15 is 0 Å². The highest BCUT2D eigenvalue weighted by molar-refractivity contribution is 5.81. The van der Waals surface area contributed by atoms with Crippen LogP contribution in [0, 0.1) is 0 Å². The van der Waals surface area contributed by atoms with Gasteiger partial charge in [-0.25, -0.2) is 0 Å². The van der Waals surface area contributed by atoms with E-state index in [1.165, 1.54) is 5.69 Å². The Kier molecular flexibility index (Phi) is 4.61. The molecule has 0 saturated carbocycles. The fraction of sp³-hybridized carbons (Fsp3) is 0.308. The minimum Gasteiger partial charge on any atom is -0.371 e. The standard InChI is InChI=1S/C11H13NO.C2H4/c13-11-6-8-12(9-7-11)10-4-2-1-3-5-10;1-2/h1-5H,6-9H2;1-2H2. The summed E-state index contributed by atoms with van der Waals surface area (Å²) in [6.07, 6.45) is 1.41. The first kappa shape index (κ1) is 11.5. The minimum atomic E-state index is 0.396. The zero-order valence-electron chi connectivity index (χ0n) is 8.98. The van der Waals surface area contributed by atoms with Gasteiger partial charge in [-0.3, -0.25) is 4.79 Å². The van der Waals surface area contributed by atoms with E-state index < -0.39 is 0 Å². The molecule has 1 heterocycles. The Hall–Kier alpha value is -1.57. The molecule has 15 heavy (non-hydrogen) atoms. The second-order valence-electron chi connectivity index (χ2n) is 3.36. The van der Waals surface area contributed by atoms with Crippen LogP contribution in [0.5, 0.6) is 0 Å². The topological polar surface area (TPSA) is 20.3 Å². The van der Waals surface area contributed by atoms with Crippen molar-refractivity contribution in [2.24, 2.45) is 0 Å². The third-order valence-electron chi connectivity index (χ3n) is 2.44. The quantitative estimate of drug-likeness (QED) is 0.654. The van der Waals surface area contributed by atoms with E-state index in [0.717, 1.165) is 13.1 Å². The average Bonchev–Trinajstić information content (AvgIpc) is 2.34. The summed E-state index contributed by atoms with van der Waals surface area (Å²) in [5.41, 5.74) is 1.23. The molecule has 1 aliphatic heterocycles. The van der Waals surface area contributed by atoms with Crippen molar-refractivity contribution in [3.63, 3.8) is 0 Å². The van der Waals surface area contributed by atoms with Crippen LogP contribution in [0.4, 0.5) is 5.69 Å². The van der Waals surface area contributed by atoms with Gasteiger partial charge in [0.25, 0.3) is 0 Å². The van der Waals surface area contributed by atoms with Gasteiger partial charge in [0.15, 0.2) is 0 Å². The Morgan fingerprint density at radius 1 is 1.00 bits per heavy atom. The van der Waals surface area contributed by atoms with Crippen molar-refractivity contribution in [1.29, 1.82) is 0 Å². The number of para-hydroxylation sites is 1. The first-order valence-electron chi connectivity index (χ1n) is 5.18. The number of anilines is 1. The maximum atomic E-state index is 11.0. The van der Waals surface area contributed by atoms with Crippen molar-refractivity contribution in [2.75, 3.05) is 18.0 Å². The summed E-state index contributed by atoms with van der Waals surface area (Å²) in [5, 5.41) is 0. The van der Waals surface area contributed by atoms with Crippen molar-refractivity contribution >= 4 is 11.5 Å². The predicted octanol–water partition coefficient (Wildman–Crippen LogP) is 2.66. The molecule has 0 unspecified atom stereocenters. The van der Waals surface area contributed by atoms with Crippen molar-refractivity contribution in [1.82, 2.24) is 0 Å². The Morgan fingerprint density at radius 2 is 1.53 bits per heavy atom. The van der Waals surface area contributed by atoms with E-state index in [0.29, 0.717) is 18.6 Å². The molecule has 0 radical (unpaired) electrons. The van der Waals surface area contributed by atoms with E-state index in [4.69, 9.17) is 0 Å². The molecule has 0 bridgehead atoms. The van der Waals surface area contributed by atoms with Gasteiger partial charge in [-0.15, -0.1) is 13.2 Å². The summed E-state index contributed by atoms with van der Waals surface area (Å²) in [6, 6.07) is 10.3. The molecule has 0 amide bonds. The summed E-state index contributed by atoms with van der Waals surface area (Å²) in [7, 11) is 0. The molecule has 2 heteroatoms. The van der Waals surface area contributed by atoms with E-state index in [9.17, 15) is 4.79 Å². The first-order valence-corrected chi connectivity index (χ1v) is 5.18. The number of piperidine rings is 1. The predicted molar refractivity (Wildman–Crippen MR) is 64.2 cm³/mol.